The number of aryl methyl sites for hydroxylation is 1. The number of halogens is 2. The van der Waals surface area contributed by atoms with Gasteiger partial charge in [-0.15, -0.1) is 0 Å². The highest BCUT2D eigenvalue weighted by Crippen LogP contribution is 2.37. The fourth-order valence-corrected chi connectivity index (χ4v) is 4.76. The monoisotopic (exact) mass is 374 g/mol. The maximum absolute atomic E-state index is 14.7. The van der Waals surface area contributed by atoms with Crippen molar-refractivity contribution in [2.24, 2.45) is 0 Å². The van der Waals surface area contributed by atoms with Gasteiger partial charge in [0, 0.05) is 4.91 Å². The molecule has 2 aromatic carbocycles. The molecule has 0 unspecified atom stereocenters. The maximum atomic E-state index is 14.7. The molecule has 0 aliphatic carbocycles. The summed E-state index contributed by atoms with van der Waals surface area (Å²) < 4.78 is 54.1. The van der Waals surface area contributed by atoms with Gasteiger partial charge in [-0.1, -0.05) is 44.5 Å². The van der Waals surface area contributed by atoms with Gasteiger partial charge in [0.05, 0.1) is 10.5 Å². The van der Waals surface area contributed by atoms with Crippen LogP contribution in [0.15, 0.2) is 53.5 Å². The van der Waals surface area contributed by atoms with Crippen LogP contribution in [-0.2, 0) is 16.3 Å². The van der Waals surface area contributed by atoms with Crippen LogP contribution < -0.4 is 0 Å². The molecule has 0 fully saturated rings. The highest BCUT2D eigenvalue weighted by Gasteiger charge is 2.31. The molecule has 2 aromatic rings. The predicted octanol–water partition coefficient (Wildman–Crippen LogP) is 5.65. The second-order valence-electron chi connectivity index (χ2n) is 6.28. The lowest BCUT2D eigenvalue weighted by Gasteiger charge is -2.11. The molecular formula is C21H20F2O2S. The Morgan fingerprint density at radius 2 is 1.50 bits per heavy atom. The fraction of sp³-hybridized carbons (Fsp3) is 0.238. The zero-order valence-electron chi connectivity index (χ0n) is 14.7. The summed E-state index contributed by atoms with van der Waals surface area (Å²) in [5.74, 6) is -1.75. The Labute approximate surface area is 152 Å². The van der Waals surface area contributed by atoms with Gasteiger partial charge < -0.3 is 0 Å². The van der Waals surface area contributed by atoms with Gasteiger partial charge in [0.1, 0.15) is 11.6 Å². The Morgan fingerprint density at radius 3 is 2.00 bits per heavy atom. The van der Waals surface area contributed by atoms with Crippen molar-refractivity contribution < 1.29 is 17.2 Å². The molecule has 0 radical (unpaired) electrons. The van der Waals surface area contributed by atoms with Crippen LogP contribution in [0, 0.1) is 11.6 Å². The summed E-state index contributed by atoms with van der Waals surface area (Å²) in [4.78, 5) is -0.143. The van der Waals surface area contributed by atoms with Crippen molar-refractivity contribution >= 4 is 14.7 Å². The molecule has 0 saturated heterocycles. The van der Waals surface area contributed by atoms with E-state index in [4.69, 9.17) is 0 Å². The van der Waals surface area contributed by atoms with E-state index in [1.165, 1.54) is 24.3 Å². The van der Waals surface area contributed by atoms with Crippen molar-refractivity contribution in [1.82, 2.24) is 0 Å². The molecule has 0 atom stereocenters. The Morgan fingerprint density at radius 1 is 0.885 bits per heavy atom. The highest BCUT2D eigenvalue weighted by atomic mass is 32.2. The average molecular weight is 374 g/mol. The SMILES string of the molecule is CCCc1ccc(-c2cc(F)c(C3=CC=C(CC)S3(=O)=O)c(F)c2)cc1. The number of benzene rings is 2. The van der Waals surface area contributed by atoms with Crippen LogP contribution in [0.1, 0.15) is 37.8 Å². The number of hydrogen-bond donors (Lipinski definition) is 0. The molecule has 0 aromatic heterocycles. The van der Waals surface area contributed by atoms with Gasteiger partial charge in [-0.25, -0.2) is 17.2 Å². The summed E-state index contributed by atoms with van der Waals surface area (Å²) in [6.07, 6.45) is 4.93. The van der Waals surface area contributed by atoms with E-state index in [2.05, 4.69) is 6.92 Å². The molecule has 1 aliphatic heterocycles. The van der Waals surface area contributed by atoms with Gasteiger partial charge in [-0.3, -0.25) is 0 Å². The first-order valence-electron chi connectivity index (χ1n) is 8.63. The molecule has 2 nitrogen and oxygen atoms in total. The van der Waals surface area contributed by atoms with Crippen LogP contribution in [-0.4, -0.2) is 8.42 Å². The van der Waals surface area contributed by atoms with E-state index in [-0.39, 0.29) is 16.2 Å². The largest absolute Gasteiger partial charge is 0.219 e. The van der Waals surface area contributed by atoms with E-state index in [1.54, 1.807) is 6.92 Å². The topological polar surface area (TPSA) is 34.1 Å². The molecular weight excluding hydrogens is 354 g/mol. The Kier molecular flexibility index (Phi) is 5.10. The molecule has 26 heavy (non-hydrogen) atoms. The van der Waals surface area contributed by atoms with Crippen LogP contribution in [0.3, 0.4) is 0 Å². The molecule has 0 N–H and O–H groups in total. The smallest absolute Gasteiger partial charge is 0.203 e. The fourth-order valence-electron chi connectivity index (χ4n) is 3.14. The minimum absolute atomic E-state index is 0.168. The second kappa shape index (κ2) is 7.16. The maximum Gasteiger partial charge on any atom is 0.203 e. The summed E-state index contributed by atoms with van der Waals surface area (Å²) in [7, 11) is -3.82. The zero-order chi connectivity index (χ0) is 18.9. The lowest BCUT2D eigenvalue weighted by Crippen LogP contribution is -2.06. The van der Waals surface area contributed by atoms with Crippen LogP contribution >= 0.6 is 0 Å². The van der Waals surface area contributed by atoms with Crippen molar-refractivity contribution in [3.63, 3.8) is 0 Å². The quantitative estimate of drug-likeness (QED) is 0.678. The van der Waals surface area contributed by atoms with Crippen LogP contribution in [0.25, 0.3) is 16.0 Å². The highest BCUT2D eigenvalue weighted by molar-refractivity contribution is 8.04. The third kappa shape index (κ3) is 3.23. The number of allylic oxidation sites excluding steroid dienone is 3. The molecule has 1 aliphatic rings. The third-order valence-electron chi connectivity index (χ3n) is 4.52. The first kappa shape index (κ1) is 18.5. The predicted molar refractivity (Wildman–Crippen MR) is 101 cm³/mol. The normalized spacial score (nSPS) is 15.7. The van der Waals surface area contributed by atoms with E-state index in [1.807, 2.05) is 24.3 Å². The van der Waals surface area contributed by atoms with Gasteiger partial charge in [-0.2, -0.15) is 0 Å². The molecule has 5 heteroatoms. The third-order valence-corrected chi connectivity index (χ3v) is 6.55. The Hall–Kier alpha value is -2.27. The minimum Gasteiger partial charge on any atom is -0.219 e. The molecule has 0 spiro atoms. The summed E-state index contributed by atoms with van der Waals surface area (Å²) in [5, 5.41) is 0. The van der Waals surface area contributed by atoms with Crippen molar-refractivity contribution in [3.8, 4) is 11.1 Å². The molecule has 136 valence electrons. The second-order valence-corrected chi connectivity index (χ2v) is 8.25. The molecule has 1 heterocycles. The summed E-state index contributed by atoms with van der Waals surface area (Å²) in [6, 6.07) is 9.89. The van der Waals surface area contributed by atoms with Crippen molar-refractivity contribution in [1.29, 1.82) is 0 Å². The first-order chi connectivity index (χ1) is 12.4. The van der Waals surface area contributed by atoms with Gasteiger partial charge in [-0.05, 0) is 53.8 Å². The van der Waals surface area contributed by atoms with Gasteiger partial charge in [0.2, 0.25) is 9.84 Å². The lowest BCUT2D eigenvalue weighted by molar-refractivity contribution is 0.576. The van der Waals surface area contributed by atoms with Crippen LogP contribution in [0.4, 0.5) is 8.78 Å². The molecule has 0 bridgehead atoms. The molecule has 0 amide bonds. The van der Waals surface area contributed by atoms with E-state index in [0.717, 1.165) is 18.4 Å². The van der Waals surface area contributed by atoms with E-state index >= 15 is 0 Å². The van der Waals surface area contributed by atoms with E-state index in [9.17, 15) is 17.2 Å². The van der Waals surface area contributed by atoms with E-state index < -0.39 is 27.0 Å². The summed E-state index contributed by atoms with van der Waals surface area (Å²) in [5.41, 5.74) is 1.74. The lowest BCUT2D eigenvalue weighted by atomic mass is 10.00. The van der Waals surface area contributed by atoms with Crippen LogP contribution in [0.5, 0.6) is 0 Å². The van der Waals surface area contributed by atoms with Gasteiger partial charge in [0.25, 0.3) is 0 Å². The number of hydrogen-bond acceptors (Lipinski definition) is 2. The Bertz CT molecular complexity index is 978. The standard InChI is InChI=1S/C21H20F2O2S/c1-3-5-14-6-8-15(9-7-14)16-12-18(22)21(19(23)13-16)20-11-10-17(4-2)26(20,24)25/h6-13H,3-5H2,1-2H3. The van der Waals surface area contributed by atoms with Crippen molar-refractivity contribution in [2.45, 2.75) is 33.1 Å². The summed E-state index contributed by atoms with van der Waals surface area (Å²) in [6.45, 7) is 3.78. The average Bonchev–Trinajstić information content (AvgIpc) is 2.89. The van der Waals surface area contributed by atoms with Crippen LogP contribution in [0.2, 0.25) is 0 Å². The molecule has 0 saturated carbocycles. The number of sulfone groups is 1. The van der Waals surface area contributed by atoms with Gasteiger partial charge >= 0.3 is 0 Å². The number of rotatable bonds is 5. The Balaban J connectivity index is 2.00. The van der Waals surface area contributed by atoms with E-state index in [0.29, 0.717) is 11.1 Å². The van der Waals surface area contributed by atoms with Gasteiger partial charge in [0.15, 0.2) is 0 Å². The van der Waals surface area contributed by atoms with Crippen molar-refractivity contribution in [2.75, 3.05) is 0 Å². The summed E-state index contributed by atoms with van der Waals surface area (Å²) >= 11 is 0. The molecule has 3 rings (SSSR count). The van der Waals surface area contributed by atoms with Crippen molar-refractivity contribution in [3.05, 3.63) is 76.2 Å². The zero-order valence-corrected chi connectivity index (χ0v) is 15.5. The first-order valence-corrected chi connectivity index (χ1v) is 10.1. The minimum atomic E-state index is -3.82.